The highest BCUT2D eigenvalue weighted by molar-refractivity contribution is 5.51. The van der Waals surface area contributed by atoms with E-state index in [1.807, 2.05) is 25.1 Å². The zero-order valence-corrected chi connectivity index (χ0v) is 14.6. The highest BCUT2D eigenvalue weighted by atomic mass is 19.1. The van der Waals surface area contributed by atoms with Crippen LogP contribution in [0.1, 0.15) is 17.2 Å². The third kappa shape index (κ3) is 3.61. The van der Waals surface area contributed by atoms with Gasteiger partial charge in [0.05, 0.1) is 6.04 Å². The van der Waals surface area contributed by atoms with E-state index in [1.54, 1.807) is 12.1 Å². The van der Waals surface area contributed by atoms with Crippen LogP contribution in [0, 0.1) is 17.1 Å². The van der Waals surface area contributed by atoms with Gasteiger partial charge in [-0.2, -0.15) is 5.26 Å². The monoisotopic (exact) mass is 345 g/mol. The van der Waals surface area contributed by atoms with Gasteiger partial charge >= 0.3 is 5.69 Å². The molecule has 8 heteroatoms. The number of rotatable bonds is 5. The SMILES string of the molecule is CN(C)[C@@H](CNc1c(C#N)c(=O)n(C)c(=O)n1C)c1ccc(F)cc1. The van der Waals surface area contributed by atoms with Gasteiger partial charge in [-0.1, -0.05) is 12.1 Å². The summed E-state index contributed by atoms with van der Waals surface area (Å²) in [5, 5.41) is 12.3. The molecule has 2 rings (SSSR count). The summed E-state index contributed by atoms with van der Waals surface area (Å²) >= 11 is 0. The van der Waals surface area contributed by atoms with Crippen LogP contribution < -0.4 is 16.6 Å². The fourth-order valence-corrected chi connectivity index (χ4v) is 2.63. The van der Waals surface area contributed by atoms with Crippen molar-refractivity contribution in [2.75, 3.05) is 26.0 Å². The maximum absolute atomic E-state index is 13.1. The van der Waals surface area contributed by atoms with Gasteiger partial charge in [-0.3, -0.25) is 13.9 Å². The second-order valence-electron chi connectivity index (χ2n) is 5.95. The van der Waals surface area contributed by atoms with Gasteiger partial charge in [0.25, 0.3) is 5.56 Å². The number of nitriles is 1. The molecule has 0 amide bonds. The summed E-state index contributed by atoms with van der Waals surface area (Å²) in [4.78, 5) is 26.1. The minimum atomic E-state index is -0.642. The third-order valence-corrected chi connectivity index (χ3v) is 4.12. The van der Waals surface area contributed by atoms with Gasteiger partial charge in [0, 0.05) is 20.6 Å². The summed E-state index contributed by atoms with van der Waals surface area (Å²) in [6, 6.07) is 7.81. The van der Waals surface area contributed by atoms with E-state index in [1.165, 1.54) is 30.8 Å². The fraction of sp³-hybridized carbons (Fsp3) is 0.353. The number of nitrogens with one attached hydrogen (secondary N) is 1. The number of hydrogen-bond acceptors (Lipinski definition) is 5. The van der Waals surface area contributed by atoms with E-state index in [4.69, 9.17) is 0 Å². The van der Waals surface area contributed by atoms with Crippen LogP contribution in [0.15, 0.2) is 33.9 Å². The van der Waals surface area contributed by atoms with Crippen molar-refractivity contribution in [3.8, 4) is 6.07 Å². The Labute approximate surface area is 144 Å². The average molecular weight is 345 g/mol. The molecule has 0 aliphatic rings. The van der Waals surface area contributed by atoms with Crippen molar-refractivity contribution in [1.82, 2.24) is 14.0 Å². The smallest absolute Gasteiger partial charge is 0.332 e. The molecule has 2 aromatic rings. The van der Waals surface area contributed by atoms with Crippen LogP contribution in [0.4, 0.5) is 10.2 Å². The molecule has 1 atom stereocenters. The summed E-state index contributed by atoms with van der Waals surface area (Å²) in [6.07, 6.45) is 0. The number of benzene rings is 1. The molecular formula is C17H20FN5O2. The van der Waals surface area contributed by atoms with E-state index in [0.29, 0.717) is 6.54 Å². The van der Waals surface area contributed by atoms with Gasteiger partial charge in [-0.25, -0.2) is 9.18 Å². The minimum Gasteiger partial charge on any atom is -0.368 e. The maximum atomic E-state index is 13.1. The normalized spacial score (nSPS) is 12.0. The summed E-state index contributed by atoms with van der Waals surface area (Å²) in [7, 11) is 6.55. The molecule has 25 heavy (non-hydrogen) atoms. The Morgan fingerprint density at radius 3 is 2.32 bits per heavy atom. The second kappa shape index (κ2) is 7.32. The Hall–Kier alpha value is -2.92. The first kappa shape index (κ1) is 18.4. The highest BCUT2D eigenvalue weighted by Gasteiger charge is 2.19. The van der Waals surface area contributed by atoms with Crippen molar-refractivity contribution in [3.63, 3.8) is 0 Å². The molecule has 1 aromatic carbocycles. The molecule has 0 spiro atoms. The highest BCUT2D eigenvalue weighted by Crippen LogP contribution is 2.20. The van der Waals surface area contributed by atoms with Crippen LogP contribution in [-0.2, 0) is 14.1 Å². The second-order valence-corrected chi connectivity index (χ2v) is 5.95. The standard InChI is InChI=1S/C17H20FN5O2/c1-21(2)14(11-5-7-12(18)8-6-11)10-20-15-13(9-19)16(24)23(4)17(25)22(15)3/h5-8,14,20H,10H2,1-4H3/t14-/m0/s1. The summed E-state index contributed by atoms with van der Waals surface area (Å²) < 4.78 is 15.3. The molecule has 0 fully saturated rings. The van der Waals surface area contributed by atoms with E-state index in [2.05, 4.69) is 5.32 Å². The van der Waals surface area contributed by atoms with Gasteiger partial charge in [0.2, 0.25) is 0 Å². The predicted molar refractivity (Wildman–Crippen MR) is 93.0 cm³/mol. The lowest BCUT2D eigenvalue weighted by molar-refractivity contribution is 0.311. The Morgan fingerprint density at radius 1 is 1.20 bits per heavy atom. The van der Waals surface area contributed by atoms with Crippen molar-refractivity contribution < 1.29 is 4.39 Å². The first-order valence-corrected chi connectivity index (χ1v) is 7.63. The van der Waals surface area contributed by atoms with Crippen molar-refractivity contribution in [2.24, 2.45) is 14.1 Å². The molecule has 0 saturated carbocycles. The number of hydrogen-bond donors (Lipinski definition) is 1. The van der Waals surface area contributed by atoms with Crippen molar-refractivity contribution in [3.05, 3.63) is 62.0 Å². The van der Waals surface area contributed by atoms with E-state index in [9.17, 15) is 19.2 Å². The van der Waals surface area contributed by atoms with Crippen LogP contribution in [0.5, 0.6) is 0 Å². The van der Waals surface area contributed by atoms with Crippen molar-refractivity contribution in [2.45, 2.75) is 6.04 Å². The van der Waals surface area contributed by atoms with Gasteiger partial charge < -0.3 is 10.2 Å². The predicted octanol–water partition coefficient (Wildman–Crippen LogP) is 0.810. The minimum absolute atomic E-state index is 0.124. The molecule has 0 saturated heterocycles. The van der Waals surface area contributed by atoms with Gasteiger partial charge in [-0.15, -0.1) is 0 Å². The Morgan fingerprint density at radius 2 is 1.80 bits per heavy atom. The Bertz CT molecular complexity index is 922. The topological polar surface area (TPSA) is 83.1 Å². The average Bonchev–Trinajstić information content (AvgIpc) is 2.58. The molecule has 1 heterocycles. The molecule has 0 bridgehead atoms. The summed E-state index contributed by atoms with van der Waals surface area (Å²) in [5.41, 5.74) is -0.418. The van der Waals surface area contributed by atoms with Crippen LogP contribution in [-0.4, -0.2) is 34.7 Å². The number of anilines is 1. The van der Waals surface area contributed by atoms with Gasteiger partial charge in [-0.05, 0) is 31.8 Å². The maximum Gasteiger partial charge on any atom is 0.332 e. The van der Waals surface area contributed by atoms with Crippen molar-refractivity contribution >= 4 is 5.82 Å². The lowest BCUT2D eigenvalue weighted by atomic mass is 10.1. The number of likely N-dealkylation sites (N-methyl/N-ethyl adjacent to an activating group) is 1. The van der Waals surface area contributed by atoms with Crippen molar-refractivity contribution in [1.29, 1.82) is 5.26 Å². The van der Waals surface area contributed by atoms with Crippen LogP contribution >= 0.6 is 0 Å². The van der Waals surface area contributed by atoms with Crippen LogP contribution in [0.25, 0.3) is 0 Å². The third-order valence-electron chi connectivity index (χ3n) is 4.12. The van der Waals surface area contributed by atoms with Crippen LogP contribution in [0.3, 0.4) is 0 Å². The van der Waals surface area contributed by atoms with E-state index in [-0.39, 0.29) is 23.2 Å². The molecular weight excluding hydrogens is 325 g/mol. The fourth-order valence-electron chi connectivity index (χ4n) is 2.63. The van der Waals surface area contributed by atoms with Gasteiger partial charge in [0.15, 0.2) is 5.56 Å². The van der Waals surface area contributed by atoms with E-state index >= 15 is 0 Å². The van der Waals surface area contributed by atoms with Gasteiger partial charge in [0.1, 0.15) is 17.7 Å². The molecule has 1 N–H and O–H groups in total. The zero-order valence-electron chi connectivity index (χ0n) is 14.6. The largest absolute Gasteiger partial charge is 0.368 e. The molecule has 0 aliphatic heterocycles. The zero-order chi connectivity index (χ0) is 18.7. The molecule has 0 aliphatic carbocycles. The Kier molecular flexibility index (Phi) is 5.39. The first-order valence-electron chi connectivity index (χ1n) is 7.63. The molecule has 0 unspecified atom stereocenters. The lowest BCUT2D eigenvalue weighted by Crippen LogP contribution is -2.40. The number of aromatic nitrogens is 2. The molecule has 132 valence electrons. The summed E-state index contributed by atoms with van der Waals surface area (Å²) in [6.45, 7) is 0.327. The first-order chi connectivity index (χ1) is 11.8. The summed E-state index contributed by atoms with van der Waals surface area (Å²) in [5.74, 6) is -0.153. The molecule has 0 radical (unpaired) electrons. The molecule has 1 aromatic heterocycles. The molecule has 7 nitrogen and oxygen atoms in total. The van der Waals surface area contributed by atoms with E-state index < -0.39 is 11.2 Å². The lowest BCUT2D eigenvalue weighted by Gasteiger charge is -2.26. The van der Waals surface area contributed by atoms with E-state index in [0.717, 1.165) is 10.1 Å². The van der Waals surface area contributed by atoms with Crippen LogP contribution in [0.2, 0.25) is 0 Å². The quantitative estimate of drug-likeness (QED) is 0.867. The number of nitrogens with zero attached hydrogens (tertiary/aromatic N) is 4. The Balaban J connectivity index is 2.39. The number of halogens is 1.